The van der Waals surface area contributed by atoms with E-state index in [1.54, 1.807) is 10.3 Å². The van der Waals surface area contributed by atoms with Gasteiger partial charge in [0.25, 0.3) is 0 Å². The van der Waals surface area contributed by atoms with E-state index >= 15 is 0 Å². The van der Waals surface area contributed by atoms with Gasteiger partial charge < -0.3 is 4.74 Å². The summed E-state index contributed by atoms with van der Waals surface area (Å²) in [5, 5.41) is 0. The number of hydrogen-bond donors (Lipinski definition) is 0. The van der Waals surface area contributed by atoms with Crippen LogP contribution in [0.2, 0.25) is 0 Å². The van der Waals surface area contributed by atoms with Crippen LogP contribution in [0.15, 0.2) is 16.9 Å². The van der Waals surface area contributed by atoms with Gasteiger partial charge in [0.2, 0.25) is 4.74 Å². The van der Waals surface area contributed by atoms with Crippen molar-refractivity contribution in [3.05, 3.63) is 38.4 Å². The second-order valence-electron chi connectivity index (χ2n) is 8.24. The fraction of sp³-hybridized carbons (Fsp3) is 0.550. The summed E-state index contributed by atoms with van der Waals surface area (Å²) < 4.78 is 6.26. The molecule has 0 spiro atoms. The minimum atomic E-state index is -0.0323. The molecule has 1 aromatic carbocycles. The maximum Gasteiger partial charge on any atom is 0.246 e. The molecule has 1 heterocycles. The molecule has 0 bridgehead atoms. The first-order valence-corrected chi connectivity index (χ1v) is 10.5. The first-order chi connectivity index (χ1) is 11.0. The quantitative estimate of drug-likeness (QED) is 0.612. The first kappa shape index (κ1) is 19.2. The topological polar surface area (TPSA) is 26.3 Å². The van der Waals surface area contributed by atoms with Gasteiger partial charge in [-0.1, -0.05) is 51.9 Å². The molecule has 2 rings (SSSR count). The maximum atomic E-state index is 12.0. The minimum Gasteiger partial charge on any atom is -0.493 e. The van der Waals surface area contributed by atoms with E-state index in [-0.39, 0.29) is 15.6 Å². The second kappa shape index (κ2) is 6.64. The highest BCUT2D eigenvalue weighted by molar-refractivity contribution is 7.69. The number of rotatable bonds is 3. The van der Waals surface area contributed by atoms with Crippen LogP contribution in [0.4, 0.5) is 0 Å². The lowest BCUT2D eigenvalue weighted by Gasteiger charge is -2.30. The fourth-order valence-corrected chi connectivity index (χ4v) is 5.13. The Hall–Kier alpha value is -1.13. The molecule has 0 N–H and O–H groups in total. The average molecular weight is 365 g/mol. The van der Waals surface area contributed by atoms with Crippen LogP contribution in [0.5, 0.6) is 5.75 Å². The van der Waals surface area contributed by atoms with Crippen molar-refractivity contribution in [2.24, 2.45) is 0 Å². The maximum absolute atomic E-state index is 12.0. The van der Waals surface area contributed by atoms with E-state index in [1.165, 1.54) is 21.5 Å². The lowest BCUT2D eigenvalue weighted by molar-refractivity contribution is 0.319. The Morgan fingerprint density at radius 2 is 1.46 bits per heavy atom. The number of hydrogen-bond acceptors (Lipinski definition) is 4. The van der Waals surface area contributed by atoms with E-state index in [0.717, 1.165) is 21.8 Å². The molecule has 0 radical (unpaired) electrons. The Kier molecular flexibility index (Phi) is 5.31. The first-order valence-electron chi connectivity index (χ1n) is 8.38. The van der Waals surface area contributed by atoms with Crippen molar-refractivity contribution < 1.29 is 4.74 Å². The van der Waals surface area contributed by atoms with E-state index < -0.39 is 0 Å². The Balaban J connectivity index is 2.85. The molecule has 2 aromatic rings. The van der Waals surface area contributed by atoms with Crippen LogP contribution < -0.4 is 9.48 Å². The monoisotopic (exact) mass is 364 g/mol. The molecule has 0 saturated carbocycles. The molecule has 0 saturated heterocycles. The summed E-state index contributed by atoms with van der Waals surface area (Å²) >= 11 is 0. The minimum absolute atomic E-state index is 0.0323. The smallest absolute Gasteiger partial charge is 0.246 e. The van der Waals surface area contributed by atoms with Crippen LogP contribution in [-0.4, -0.2) is 6.61 Å². The van der Waals surface area contributed by atoms with Gasteiger partial charge in [0, 0.05) is 16.7 Å². The molecular weight excluding hydrogens is 336 g/mol. The number of benzene rings is 1. The van der Waals surface area contributed by atoms with Crippen LogP contribution in [-0.2, 0) is 10.8 Å². The van der Waals surface area contributed by atoms with Crippen LogP contribution >= 0.6 is 20.7 Å². The van der Waals surface area contributed by atoms with Gasteiger partial charge in [-0.15, -0.1) is 0 Å². The van der Waals surface area contributed by atoms with Gasteiger partial charge in [0.1, 0.15) is 5.75 Å². The summed E-state index contributed by atoms with van der Waals surface area (Å²) in [7, 11) is 2.90. The molecule has 24 heavy (non-hydrogen) atoms. The molecule has 132 valence electrons. The van der Waals surface area contributed by atoms with Crippen molar-refractivity contribution in [2.75, 3.05) is 6.61 Å². The molecule has 0 aliphatic carbocycles. The molecule has 0 amide bonds. The van der Waals surface area contributed by atoms with Gasteiger partial charge >= 0.3 is 0 Å². The van der Waals surface area contributed by atoms with E-state index in [9.17, 15) is 4.79 Å². The summed E-state index contributed by atoms with van der Waals surface area (Å²) in [5.41, 5.74) is 4.34. The summed E-state index contributed by atoms with van der Waals surface area (Å²) in [5.74, 6) is 1.00. The Morgan fingerprint density at radius 3 is 1.79 bits per heavy atom. The van der Waals surface area contributed by atoms with Crippen molar-refractivity contribution in [3.8, 4) is 16.2 Å². The van der Waals surface area contributed by atoms with Crippen molar-refractivity contribution in [1.82, 2.24) is 0 Å². The lowest BCUT2D eigenvalue weighted by atomic mass is 9.78. The van der Waals surface area contributed by atoms with Crippen LogP contribution in [0.1, 0.15) is 65.2 Å². The Bertz CT molecular complexity index is 748. The molecule has 0 aliphatic heterocycles. The molecule has 1 aromatic heterocycles. The van der Waals surface area contributed by atoms with Gasteiger partial charge in [-0.3, -0.25) is 4.79 Å². The van der Waals surface area contributed by atoms with Gasteiger partial charge in [-0.05, 0) is 52.7 Å². The highest BCUT2D eigenvalue weighted by Gasteiger charge is 2.28. The van der Waals surface area contributed by atoms with Gasteiger partial charge in [0.15, 0.2) is 0 Å². The SMILES string of the molecule is CCOc1c(C(C)(C)C)cc(-c2ssc(=O)c2C)cc1C(C)(C)C. The summed E-state index contributed by atoms with van der Waals surface area (Å²) in [6, 6.07) is 4.43. The zero-order valence-corrected chi connectivity index (χ0v) is 17.6. The van der Waals surface area contributed by atoms with Crippen molar-refractivity contribution in [3.63, 3.8) is 0 Å². The van der Waals surface area contributed by atoms with Crippen LogP contribution in [0, 0.1) is 6.92 Å². The summed E-state index contributed by atoms with van der Waals surface area (Å²) in [6.07, 6.45) is 0. The third-order valence-electron chi connectivity index (χ3n) is 4.10. The van der Waals surface area contributed by atoms with Crippen molar-refractivity contribution in [2.45, 2.75) is 66.2 Å². The van der Waals surface area contributed by atoms with E-state index in [4.69, 9.17) is 4.74 Å². The predicted octanol–water partition coefficient (Wildman–Crippen LogP) is 6.14. The summed E-state index contributed by atoms with van der Waals surface area (Å²) in [6.45, 7) is 17.9. The average Bonchev–Trinajstić information content (AvgIpc) is 2.77. The molecule has 4 heteroatoms. The van der Waals surface area contributed by atoms with Gasteiger partial charge in [-0.25, -0.2) is 0 Å². The summed E-state index contributed by atoms with van der Waals surface area (Å²) in [4.78, 5) is 13.0. The second-order valence-corrected chi connectivity index (χ2v) is 10.4. The highest BCUT2D eigenvalue weighted by atomic mass is 32.9. The van der Waals surface area contributed by atoms with Gasteiger partial charge in [-0.2, -0.15) is 0 Å². The fourth-order valence-electron chi connectivity index (χ4n) is 2.74. The zero-order chi connectivity index (χ0) is 18.3. The molecule has 2 nitrogen and oxygen atoms in total. The zero-order valence-electron chi connectivity index (χ0n) is 16.0. The third kappa shape index (κ3) is 3.75. The predicted molar refractivity (Wildman–Crippen MR) is 107 cm³/mol. The molecule has 0 unspecified atom stereocenters. The van der Waals surface area contributed by atoms with E-state index in [2.05, 4.69) is 53.7 Å². The van der Waals surface area contributed by atoms with Crippen LogP contribution in [0.3, 0.4) is 0 Å². The van der Waals surface area contributed by atoms with E-state index in [0.29, 0.717) is 6.61 Å². The molecule has 0 fully saturated rings. The molecule has 0 aliphatic rings. The van der Waals surface area contributed by atoms with Crippen molar-refractivity contribution >= 4 is 20.7 Å². The third-order valence-corrected chi connectivity index (χ3v) is 6.56. The highest BCUT2D eigenvalue weighted by Crippen LogP contribution is 2.44. The largest absolute Gasteiger partial charge is 0.493 e. The van der Waals surface area contributed by atoms with Crippen molar-refractivity contribution in [1.29, 1.82) is 0 Å². The van der Waals surface area contributed by atoms with Crippen LogP contribution in [0.25, 0.3) is 10.4 Å². The standard InChI is InChI=1S/C20H28O2S2/c1-9-22-16-14(19(3,4)5)10-13(11-15(16)20(6,7)8)17-12(2)18(21)24-23-17/h10-11H,9H2,1-8H3. The van der Waals surface area contributed by atoms with Gasteiger partial charge in [0.05, 0.1) is 11.5 Å². The molecular formula is C20H28O2S2. The Labute approximate surface area is 152 Å². The van der Waals surface area contributed by atoms with E-state index in [1.807, 2.05) is 13.8 Å². The Morgan fingerprint density at radius 1 is 0.958 bits per heavy atom. The lowest BCUT2D eigenvalue weighted by Crippen LogP contribution is -2.20. The number of ether oxygens (including phenoxy) is 1. The molecule has 0 atom stereocenters. The normalized spacial score (nSPS) is 12.5.